The summed E-state index contributed by atoms with van der Waals surface area (Å²) in [6.07, 6.45) is 0. The minimum absolute atomic E-state index is 0.0671. The Morgan fingerprint density at radius 2 is 1.86 bits per heavy atom. The third kappa shape index (κ3) is 2.58. The van der Waals surface area contributed by atoms with Crippen molar-refractivity contribution < 1.29 is 0 Å². The zero-order valence-corrected chi connectivity index (χ0v) is 10.9. The summed E-state index contributed by atoms with van der Waals surface area (Å²) >= 11 is 3.56. The zero-order valence-electron chi connectivity index (χ0n) is 9.26. The van der Waals surface area contributed by atoms with E-state index < -0.39 is 0 Å². The molecule has 0 aliphatic carbocycles. The van der Waals surface area contributed by atoms with Gasteiger partial charge in [-0.05, 0) is 29.5 Å². The fourth-order valence-corrected chi connectivity index (χ4v) is 2.09. The van der Waals surface area contributed by atoms with Gasteiger partial charge in [0.05, 0.1) is 0 Å². The van der Waals surface area contributed by atoms with E-state index in [4.69, 9.17) is 5.73 Å². The standard InChI is InChI=1S/C12H18BrN/c1-8-5-6-9(10(13)7-8)11(14)12(2,3)4/h5-7,11H,14H2,1-4H3/t11-/m0/s1. The maximum absolute atomic E-state index is 6.19. The lowest BCUT2D eigenvalue weighted by Gasteiger charge is -2.28. The van der Waals surface area contributed by atoms with Crippen LogP contribution >= 0.6 is 15.9 Å². The first-order valence-electron chi connectivity index (χ1n) is 4.84. The Balaban J connectivity index is 3.08. The molecule has 0 aliphatic rings. The predicted molar refractivity (Wildman–Crippen MR) is 65.3 cm³/mol. The van der Waals surface area contributed by atoms with Crippen LogP contribution in [0.4, 0.5) is 0 Å². The van der Waals surface area contributed by atoms with Crippen molar-refractivity contribution in [1.82, 2.24) is 0 Å². The lowest BCUT2D eigenvalue weighted by molar-refractivity contribution is 0.326. The number of halogens is 1. The molecular formula is C12H18BrN. The normalized spacial score (nSPS) is 14.1. The summed E-state index contributed by atoms with van der Waals surface area (Å²) < 4.78 is 1.11. The van der Waals surface area contributed by atoms with Crippen LogP contribution in [-0.2, 0) is 0 Å². The van der Waals surface area contributed by atoms with Crippen LogP contribution in [-0.4, -0.2) is 0 Å². The SMILES string of the molecule is Cc1ccc([C@H](N)C(C)(C)C)c(Br)c1. The number of benzene rings is 1. The van der Waals surface area contributed by atoms with Crippen LogP contribution in [0.1, 0.15) is 37.9 Å². The first-order chi connectivity index (χ1) is 6.32. The molecule has 2 heteroatoms. The molecule has 0 aliphatic heterocycles. The highest BCUT2D eigenvalue weighted by molar-refractivity contribution is 9.10. The summed E-state index contributed by atoms with van der Waals surface area (Å²) in [6.45, 7) is 8.55. The molecule has 0 fully saturated rings. The Labute approximate surface area is 94.8 Å². The molecule has 0 unspecified atom stereocenters. The van der Waals surface area contributed by atoms with E-state index in [0.29, 0.717) is 0 Å². The van der Waals surface area contributed by atoms with Gasteiger partial charge in [-0.2, -0.15) is 0 Å². The second-order valence-electron chi connectivity index (χ2n) is 4.87. The van der Waals surface area contributed by atoms with Gasteiger partial charge in [0, 0.05) is 10.5 Å². The number of hydrogen-bond acceptors (Lipinski definition) is 1. The largest absolute Gasteiger partial charge is 0.323 e. The zero-order chi connectivity index (χ0) is 10.9. The van der Waals surface area contributed by atoms with Gasteiger partial charge >= 0.3 is 0 Å². The lowest BCUT2D eigenvalue weighted by Crippen LogP contribution is -2.26. The Bertz CT molecular complexity index is 326. The fraction of sp³-hybridized carbons (Fsp3) is 0.500. The number of nitrogens with two attached hydrogens (primary N) is 1. The fourth-order valence-electron chi connectivity index (χ4n) is 1.35. The lowest BCUT2D eigenvalue weighted by atomic mass is 9.83. The first kappa shape index (κ1) is 11.7. The molecule has 0 radical (unpaired) electrons. The van der Waals surface area contributed by atoms with Gasteiger partial charge < -0.3 is 5.73 Å². The van der Waals surface area contributed by atoms with Crippen molar-refractivity contribution in [3.8, 4) is 0 Å². The second-order valence-corrected chi connectivity index (χ2v) is 5.72. The monoisotopic (exact) mass is 255 g/mol. The Morgan fingerprint density at radius 1 is 1.29 bits per heavy atom. The van der Waals surface area contributed by atoms with E-state index in [1.54, 1.807) is 0 Å². The molecule has 14 heavy (non-hydrogen) atoms. The van der Waals surface area contributed by atoms with E-state index in [-0.39, 0.29) is 11.5 Å². The molecule has 1 rings (SSSR count). The van der Waals surface area contributed by atoms with E-state index in [9.17, 15) is 0 Å². The van der Waals surface area contributed by atoms with Gasteiger partial charge in [0.1, 0.15) is 0 Å². The molecule has 1 atom stereocenters. The first-order valence-corrected chi connectivity index (χ1v) is 5.63. The molecule has 0 heterocycles. The average molecular weight is 256 g/mol. The summed E-state index contributed by atoms with van der Waals surface area (Å²) in [5.74, 6) is 0. The van der Waals surface area contributed by atoms with Crippen molar-refractivity contribution in [1.29, 1.82) is 0 Å². The minimum Gasteiger partial charge on any atom is -0.323 e. The summed E-state index contributed by atoms with van der Waals surface area (Å²) in [7, 11) is 0. The van der Waals surface area contributed by atoms with Crippen molar-refractivity contribution in [2.24, 2.45) is 11.1 Å². The van der Waals surface area contributed by atoms with Crippen LogP contribution in [0.15, 0.2) is 22.7 Å². The Morgan fingerprint density at radius 3 is 2.29 bits per heavy atom. The third-order valence-electron chi connectivity index (χ3n) is 2.42. The maximum Gasteiger partial charge on any atom is 0.0355 e. The van der Waals surface area contributed by atoms with Gasteiger partial charge in [-0.3, -0.25) is 0 Å². The Hall–Kier alpha value is -0.340. The predicted octanol–water partition coefficient (Wildman–Crippen LogP) is 3.80. The average Bonchev–Trinajstić information content (AvgIpc) is 2.01. The van der Waals surface area contributed by atoms with Crippen LogP contribution < -0.4 is 5.73 Å². The number of hydrogen-bond donors (Lipinski definition) is 1. The van der Waals surface area contributed by atoms with Crippen molar-refractivity contribution in [3.63, 3.8) is 0 Å². The minimum atomic E-state index is 0.0671. The van der Waals surface area contributed by atoms with Crippen LogP contribution in [0.2, 0.25) is 0 Å². The maximum atomic E-state index is 6.19. The molecular weight excluding hydrogens is 238 g/mol. The molecule has 0 saturated carbocycles. The molecule has 1 nitrogen and oxygen atoms in total. The number of rotatable bonds is 1. The van der Waals surface area contributed by atoms with Crippen molar-refractivity contribution in [2.45, 2.75) is 33.7 Å². The van der Waals surface area contributed by atoms with E-state index in [1.807, 2.05) is 0 Å². The summed E-state index contributed by atoms with van der Waals surface area (Å²) in [5.41, 5.74) is 8.72. The molecule has 0 bridgehead atoms. The highest BCUT2D eigenvalue weighted by Crippen LogP contribution is 2.34. The van der Waals surface area contributed by atoms with Crippen LogP contribution in [0.3, 0.4) is 0 Å². The van der Waals surface area contributed by atoms with Gasteiger partial charge in [0.2, 0.25) is 0 Å². The quantitative estimate of drug-likeness (QED) is 0.812. The van der Waals surface area contributed by atoms with E-state index in [2.05, 4.69) is 61.8 Å². The highest BCUT2D eigenvalue weighted by Gasteiger charge is 2.23. The third-order valence-corrected chi connectivity index (χ3v) is 3.11. The molecule has 1 aromatic rings. The van der Waals surface area contributed by atoms with Crippen LogP contribution in [0.5, 0.6) is 0 Å². The van der Waals surface area contributed by atoms with Crippen LogP contribution in [0.25, 0.3) is 0 Å². The smallest absolute Gasteiger partial charge is 0.0355 e. The molecule has 78 valence electrons. The molecule has 0 amide bonds. The van der Waals surface area contributed by atoms with E-state index in [0.717, 1.165) is 4.47 Å². The molecule has 0 spiro atoms. The second kappa shape index (κ2) is 4.03. The van der Waals surface area contributed by atoms with Gasteiger partial charge in [-0.1, -0.05) is 48.8 Å². The van der Waals surface area contributed by atoms with Gasteiger partial charge in [0.15, 0.2) is 0 Å². The molecule has 2 N–H and O–H groups in total. The topological polar surface area (TPSA) is 26.0 Å². The van der Waals surface area contributed by atoms with Gasteiger partial charge in [-0.25, -0.2) is 0 Å². The van der Waals surface area contributed by atoms with Gasteiger partial charge in [0.25, 0.3) is 0 Å². The Kier molecular flexibility index (Phi) is 3.38. The summed E-state index contributed by atoms with van der Waals surface area (Å²) in [5, 5.41) is 0. The summed E-state index contributed by atoms with van der Waals surface area (Å²) in [6, 6.07) is 6.39. The van der Waals surface area contributed by atoms with E-state index >= 15 is 0 Å². The van der Waals surface area contributed by atoms with E-state index in [1.165, 1.54) is 11.1 Å². The van der Waals surface area contributed by atoms with Gasteiger partial charge in [-0.15, -0.1) is 0 Å². The van der Waals surface area contributed by atoms with Crippen molar-refractivity contribution in [2.75, 3.05) is 0 Å². The summed E-state index contributed by atoms with van der Waals surface area (Å²) in [4.78, 5) is 0. The molecule has 1 aromatic carbocycles. The molecule has 0 saturated heterocycles. The van der Waals surface area contributed by atoms with Crippen molar-refractivity contribution in [3.05, 3.63) is 33.8 Å². The van der Waals surface area contributed by atoms with Crippen molar-refractivity contribution >= 4 is 15.9 Å². The number of aryl methyl sites for hydroxylation is 1. The molecule has 0 aromatic heterocycles. The van der Waals surface area contributed by atoms with Crippen LogP contribution in [0, 0.1) is 12.3 Å². The highest BCUT2D eigenvalue weighted by atomic mass is 79.9.